The SMILES string of the molecule is CC(C)(C)OC(=O)N1CCN(c2ccc(=N)n(C(=N)Cc3ccccc3)n2)CC1. The van der Waals surface area contributed by atoms with Gasteiger partial charge in [0, 0.05) is 32.6 Å². The summed E-state index contributed by atoms with van der Waals surface area (Å²) in [5.74, 6) is 0.943. The van der Waals surface area contributed by atoms with Crippen LogP contribution in [0.1, 0.15) is 26.3 Å². The van der Waals surface area contributed by atoms with Crippen LogP contribution in [0.3, 0.4) is 0 Å². The number of nitrogens with one attached hydrogen (secondary N) is 2. The molecule has 3 rings (SSSR count). The maximum absolute atomic E-state index is 12.2. The van der Waals surface area contributed by atoms with Crippen molar-refractivity contribution in [3.8, 4) is 0 Å². The fourth-order valence-corrected chi connectivity index (χ4v) is 3.10. The van der Waals surface area contributed by atoms with Crippen LogP contribution < -0.4 is 10.4 Å². The number of nitrogens with zero attached hydrogens (tertiary/aromatic N) is 4. The number of benzene rings is 1. The zero-order valence-corrected chi connectivity index (χ0v) is 17.2. The van der Waals surface area contributed by atoms with Gasteiger partial charge in [0.05, 0.1) is 0 Å². The van der Waals surface area contributed by atoms with E-state index in [2.05, 4.69) is 10.00 Å². The highest BCUT2D eigenvalue weighted by Crippen LogP contribution is 2.15. The normalized spacial score (nSPS) is 14.6. The second-order valence-electron chi connectivity index (χ2n) is 8.05. The van der Waals surface area contributed by atoms with E-state index in [1.165, 1.54) is 4.68 Å². The average Bonchev–Trinajstić information content (AvgIpc) is 2.68. The molecule has 154 valence electrons. The molecule has 0 atom stereocenters. The molecule has 2 heterocycles. The minimum atomic E-state index is -0.510. The molecular formula is C21H28N6O2. The van der Waals surface area contributed by atoms with Crippen LogP contribution in [-0.4, -0.2) is 58.4 Å². The lowest BCUT2D eigenvalue weighted by molar-refractivity contribution is 0.0240. The van der Waals surface area contributed by atoms with Gasteiger partial charge in [0.2, 0.25) is 0 Å². The highest BCUT2D eigenvalue weighted by atomic mass is 16.6. The van der Waals surface area contributed by atoms with Crippen molar-refractivity contribution in [1.82, 2.24) is 14.7 Å². The van der Waals surface area contributed by atoms with Gasteiger partial charge in [0.15, 0.2) is 0 Å². The van der Waals surface area contributed by atoms with Crippen molar-refractivity contribution in [3.63, 3.8) is 0 Å². The van der Waals surface area contributed by atoms with Gasteiger partial charge in [-0.3, -0.25) is 10.8 Å². The number of hydrogen-bond acceptors (Lipinski definition) is 6. The Morgan fingerprint density at radius 1 is 1.07 bits per heavy atom. The third-order valence-electron chi connectivity index (χ3n) is 4.55. The van der Waals surface area contributed by atoms with E-state index in [1.54, 1.807) is 17.0 Å². The van der Waals surface area contributed by atoms with Gasteiger partial charge < -0.3 is 14.5 Å². The smallest absolute Gasteiger partial charge is 0.410 e. The van der Waals surface area contributed by atoms with Crippen molar-refractivity contribution >= 4 is 17.7 Å². The number of hydrogen-bond donors (Lipinski definition) is 2. The summed E-state index contributed by atoms with van der Waals surface area (Å²) in [6.07, 6.45) is 0.103. The third kappa shape index (κ3) is 5.43. The van der Waals surface area contributed by atoms with Crippen LogP contribution >= 0.6 is 0 Å². The predicted molar refractivity (Wildman–Crippen MR) is 111 cm³/mol. The molecule has 2 aromatic rings. The minimum Gasteiger partial charge on any atom is -0.444 e. The Morgan fingerprint density at radius 2 is 1.72 bits per heavy atom. The van der Waals surface area contributed by atoms with Gasteiger partial charge in [0.25, 0.3) is 0 Å². The lowest BCUT2D eigenvalue weighted by Crippen LogP contribution is -2.50. The van der Waals surface area contributed by atoms with Gasteiger partial charge in [0.1, 0.15) is 22.7 Å². The summed E-state index contributed by atoms with van der Waals surface area (Å²) in [5, 5.41) is 21.0. The molecule has 1 amide bonds. The Labute approximate surface area is 170 Å². The Hall–Kier alpha value is -3.16. The monoisotopic (exact) mass is 396 g/mol. The van der Waals surface area contributed by atoms with Crippen molar-refractivity contribution in [3.05, 3.63) is 53.5 Å². The van der Waals surface area contributed by atoms with E-state index in [0.717, 1.165) is 5.56 Å². The number of carbonyl (C=O) groups excluding carboxylic acids is 1. The predicted octanol–water partition coefficient (Wildman–Crippen LogP) is 2.49. The Balaban J connectivity index is 1.67. The minimum absolute atomic E-state index is 0.169. The lowest BCUT2D eigenvalue weighted by Gasteiger charge is -2.36. The number of amides is 1. The maximum atomic E-state index is 12.2. The number of piperazine rings is 1. The molecule has 0 spiro atoms. The van der Waals surface area contributed by atoms with Crippen LogP contribution in [0.25, 0.3) is 0 Å². The first-order valence-corrected chi connectivity index (χ1v) is 9.72. The van der Waals surface area contributed by atoms with Crippen molar-refractivity contribution in [2.24, 2.45) is 0 Å². The van der Waals surface area contributed by atoms with Crippen molar-refractivity contribution in [2.45, 2.75) is 32.8 Å². The van der Waals surface area contributed by atoms with Crippen LogP contribution in [0.5, 0.6) is 0 Å². The fraction of sp³-hybridized carbons (Fsp3) is 0.429. The number of anilines is 1. The molecule has 1 saturated heterocycles. The summed E-state index contributed by atoms with van der Waals surface area (Å²) in [6, 6.07) is 13.2. The summed E-state index contributed by atoms with van der Waals surface area (Å²) in [6.45, 7) is 7.90. The van der Waals surface area contributed by atoms with Crippen molar-refractivity contribution in [2.75, 3.05) is 31.1 Å². The van der Waals surface area contributed by atoms with Crippen LogP contribution in [0, 0.1) is 10.8 Å². The molecule has 8 nitrogen and oxygen atoms in total. The van der Waals surface area contributed by atoms with Gasteiger partial charge >= 0.3 is 6.09 Å². The Bertz CT molecular complexity index is 924. The van der Waals surface area contributed by atoms with E-state index in [0.29, 0.717) is 38.4 Å². The van der Waals surface area contributed by atoms with Crippen LogP contribution in [0.15, 0.2) is 42.5 Å². The van der Waals surface area contributed by atoms with Gasteiger partial charge in [-0.25, -0.2) is 4.79 Å². The molecule has 0 bridgehead atoms. The molecule has 0 saturated carbocycles. The molecule has 2 N–H and O–H groups in total. The van der Waals surface area contributed by atoms with E-state index in [-0.39, 0.29) is 17.4 Å². The van der Waals surface area contributed by atoms with Crippen LogP contribution in [0.2, 0.25) is 0 Å². The van der Waals surface area contributed by atoms with E-state index in [1.807, 2.05) is 51.1 Å². The standard InChI is InChI=1S/C21H28N6O2/c1-21(2,3)29-20(28)26-13-11-25(12-14-26)19-10-9-17(22)27(24-19)18(23)15-16-7-5-4-6-8-16/h4-10,22-23H,11-15H2,1-3H3. The van der Waals surface area contributed by atoms with E-state index < -0.39 is 5.60 Å². The molecule has 8 heteroatoms. The topological polar surface area (TPSA) is 98.3 Å². The molecule has 0 aliphatic carbocycles. The van der Waals surface area contributed by atoms with Gasteiger partial charge in [-0.05, 0) is 38.5 Å². The lowest BCUT2D eigenvalue weighted by atomic mass is 10.1. The first-order chi connectivity index (χ1) is 13.7. The highest BCUT2D eigenvalue weighted by molar-refractivity contribution is 5.82. The highest BCUT2D eigenvalue weighted by Gasteiger charge is 2.26. The Morgan fingerprint density at radius 3 is 2.34 bits per heavy atom. The quantitative estimate of drug-likeness (QED) is 0.615. The number of rotatable bonds is 3. The molecule has 1 aromatic carbocycles. The Kier molecular flexibility index (Phi) is 6.00. The second-order valence-corrected chi connectivity index (χ2v) is 8.05. The molecule has 1 fully saturated rings. The number of carbonyl (C=O) groups is 1. The van der Waals surface area contributed by atoms with Crippen LogP contribution in [0.4, 0.5) is 10.6 Å². The first kappa shape index (κ1) is 20.6. The van der Waals surface area contributed by atoms with E-state index in [9.17, 15) is 4.79 Å². The summed E-state index contributed by atoms with van der Waals surface area (Å²) in [4.78, 5) is 16.0. The fourth-order valence-electron chi connectivity index (χ4n) is 3.10. The summed E-state index contributed by atoms with van der Waals surface area (Å²) >= 11 is 0. The largest absolute Gasteiger partial charge is 0.444 e. The molecule has 0 radical (unpaired) electrons. The van der Waals surface area contributed by atoms with E-state index in [4.69, 9.17) is 15.6 Å². The molecule has 1 aromatic heterocycles. The van der Waals surface area contributed by atoms with Gasteiger partial charge in [-0.2, -0.15) is 4.68 Å². The van der Waals surface area contributed by atoms with Gasteiger partial charge in [-0.1, -0.05) is 30.3 Å². The molecular weight excluding hydrogens is 368 g/mol. The second kappa shape index (κ2) is 8.46. The van der Waals surface area contributed by atoms with Gasteiger partial charge in [-0.15, -0.1) is 5.10 Å². The average molecular weight is 396 g/mol. The maximum Gasteiger partial charge on any atom is 0.410 e. The zero-order chi connectivity index (χ0) is 21.0. The first-order valence-electron chi connectivity index (χ1n) is 9.72. The summed E-state index contributed by atoms with van der Waals surface area (Å²) in [7, 11) is 0. The zero-order valence-electron chi connectivity index (χ0n) is 17.2. The van der Waals surface area contributed by atoms with Crippen LogP contribution in [-0.2, 0) is 11.2 Å². The van der Waals surface area contributed by atoms with Crippen molar-refractivity contribution in [1.29, 1.82) is 10.8 Å². The summed E-state index contributed by atoms with van der Waals surface area (Å²) in [5.41, 5.74) is 0.661. The molecule has 1 aliphatic rings. The molecule has 1 aliphatic heterocycles. The summed E-state index contributed by atoms with van der Waals surface area (Å²) < 4.78 is 6.80. The van der Waals surface area contributed by atoms with Crippen molar-refractivity contribution < 1.29 is 9.53 Å². The molecule has 29 heavy (non-hydrogen) atoms. The van der Waals surface area contributed by atoms with E-state index >= 15 is 0 Å². The number of ether oxygens (including phenoxy) is 1. The number of aromatic nitrogens is 2. The third-order valence-corrected chi connectivity index (χ3v) is 4.55. The molecule has 0 unspecified atom stereocenters.